The molecule has 8 heavy (non-hydrogen) atoms. The maximum atomic E-state index is 8.07. The van der Waals surface area contributed by atoms with E-state index in [1.54, 1.807) is 6.08 Å². The molecular formula is C7H10N. The summed E-state index contributed by atoms with van der Waals surface area (Å²) in [7, 11) is 0. The fourth-order valence-corrected chi connectivity index (χ4v) is 0.466. The molecule has 0 atom stereocenters. The summed E-state index contributed by atoms with van der Waals surface area (Å²) in [6, 6.07) is 2.07. The molecule has 0 amide bonds. The van der Waals surface area contributed by atoms with E-state index >= 15 is 0 Å². The highest BCUT2D eigenvalue weighted by Gasteiger charge is 1.81. The van der Waals surface area contributed by atoms with Crippen molar-refractivity contribution in [3.63, 3.8) is 0 Å². The number of hydrogen-bond donors (Lipinski definition) is 0. The van der Waals surface area contributed by atoms with E-state index in [2.05, 4.69) is 6.07 Å². The van der Waals surface area contributed by atoms with E-state index in [-0.39, 0.29) is 0 Å². The van der Waals surface area contributed by atoms with Crippen molar-refractivity contribution in [3.05, 3.63) is 12.7 Å². The molecule has 0 heterocycles. The molecule has 0 saturated heterocycles. The second-order valence-electron chi connectivity index (χ2n) is 1.64. The van der Waals surface area contributed by atoms with Gasteiger partial charge in [-0.25, -0.2) is 0 Å². The van der Waals surface area contributed by atoms with E-state index in [4.69, 9.17) is 11.8 Å². The Hall–Kier alpha value is -0.770. The first-order chi connectivity index (χ1) is 3.91. The third-order valence-corrected chi connectivity index (χ3v) is 0.909. The lowest BCUT2D eigenvalue weighted by Gasteiger charge is -1.86. The largest absolute Gasteiger partial charge is 0.198 e. The molecule has 0 spiro atoms. The lowest BCUT2D eigenvalue weighted by atomic mass is 10.2. The molecule has 1 heteroatoms. The summed E-state index contributed by atoms with van der Waals surface area (Å²) in [6.07, 6.45) is 5.25. The van der Waals surface area contributed by atoms with Gasteiger partial charge in [-0.3, -0.25) is 0 Å². The van der Waals surface area contributed by atoms with Gasteiger partial charge in [-0.15, -0.1) is 0 Å². The van der Waals surface area contributed by atoms with Gasteiger partial charge in [-0.1, -0.05) is 12.7 Å². The predicted molar refractivity (Wildman–Crippen MR) is 33.0 cm³/mol. The molecule has 0 unspecified atom stereocenters. The van der Waals surface area contributed by atoms with Crippen molar-refractivity contribution in [2.75, 3.05) is 0 Å². The number of nitriles is 1. The smallest absolute Gasteiger partial charge is 0.0621 e. The minimum Gasteiger partial charge on any atom is -0.198 e. The molecule has 0 aliphatic carbocycles. The van der Waals surface area contributed by atoms with E-state index in [1.807, 2.05) is 0 Å². The first-order valence-electron chi connectivity index (χ1n) is 2.82. The van der Waals surface area contributed by atoms with Gasteiger partial charge in [0.25, 0.3) is 0 Å². The molecule has 0 saturated carbocycles. The average molecular weight is 108 g/mol. The molecule has 0 fully saturated rings. The van der Waals surface area contributed by atoms with Crippen LogP contribution in [0.2, 0.25) is 0 Å². The van der Waals surface area contributed by atoms with E-state index in [1.165, 1.54) is 0 Å². The molecule has 0 aliphatic rings. The van der Waals surface area contributed by atoms with Crippen molar-refractivity contribution in [1.82, 2.24) is 0 Å². The molecule has 1 nitrogen and oxygen atoms in total. The SMILES string of the molecule is [CH]=CCCCCC#N. The quantitative estimate of drug-likeness (QED) is 0.506. The van der Waals surface area contributed by atoms with Gasteiger partial charge in [0.1, 0.15) is 0 Å². The van der Waals surface area contributed by atoms with E-state index in [9.17, 15) is 0 Å². The minimum absolute atomic E-state index is 0.661. The van der Waals surface area contributed by atoms with Gasteiger partial charge in [0.2, 0.25) is 0 Å². The Bertz CT molecular complexity index is 89.1. The Morgan fingerprint density at radius 1 is 1.50 bits per heavy atom. The molecule has 1 radical (unpaired) electrons. The maximum absolute atomic E-state index is 8.07. The lowest BCUT2D eigenvalue weighted by molar-refractivity contribution is 0.768. The van der Waals surface area contributed by atoms with Crippen LogP contribution < -0.4 is 0 Å². The summed E-state index contributed by atoms with van der Waals surface area (Å²) in [4.78, 5) is 0. The second-order valence-corrected chi connectivity index (χ2v) is 1.64. The van der Waals surface area contributed by atoms with Crippen LogP contribution in [0.15, 0.2) is 6.08 Å². The van der Waals surface area contributed by atoms with Crippen LogP contribution in [-0.4, -0.2) is 0 Å². The molecule has 0 aromatic carbocycles. The van der Waals surface area contributed by atoms with Crippen LogP contribution >= 0.6 is 0 Å². The Labute approximate surface area is 50.6 Å². The fraction of sp³-hybridized carbons (Fsp3) is 0.571. The molecular weight excluding hydrogens is 98.1 g/mol. The Balaban J connectivity index is 2.74. The fourth-order valence-electron chi connectivity index (χ4n) is 0.466. The highest BCUT2D eigenvalue weighted by Crippen LogP contribution is 1.97. The summed E-state index contributed by atoms with van der Waals surface area (Å²) in [5, 5.41) is 8.07. The topological polar surface area (TPSA) is 23.8 Å². The third-order valence-electron chi connectivity index (χ3n) is 0.909. The zero-order chi connectivity index (χ0) is 6.24. The van der Waals surface area contributed by atoms with Crippen molar-refractivity contribution in [3.8, 4) is 6.07 Å². The zero-order valence-corrected chi connectivity index (χ0v) is 4.93. The predicted octanol–water partition coefficient (Wildman–Crippen LogP) is 2.06. The standard InChI is InChI=1S/C7H10N/c1-2-3-4-5-6-7-8/h1-2H,3-6H2. The van der Waals surface area contributed by atoms with Crippen molar-refractivity contribution in [1.29, 1.82) is 5.26 Å². The third kappa shape index (κ3) is 5.23. The minimum atomic E-state index is 0.661. The summed E-state index contributed by atoms with van der Waals surface area (Å²) in [5.74, 6) is 0. The first-order valence-corrected chi connectivity index (χ1v) is 2.82. The molecule has 0 N–H and O–H groups in total. The summed E-state index contributed by atoms with van der Waals surface area (Å²) in [6.45, 7) is 5.10. The summed E-state index contributed by atoms with van der Waals surface area (Å²) >= 11 is 0. The monoisotopic (exact) mass is 108 g/mol. The van der Waals surface area contributed by atoms with Crippen LogP contribution in [-0.2, 0) is 0 Å². The van der Waals surface area contributed by atoms with Gasteiger partial charge in [-0.05, 0) is 19.3 Å². The van der Waals surface area contributed by atoms with Crippen molar-refractivity contribution in [2.24, 2.45) is 0 Å². The van der Waals surface area contributed by atoms with Gasteiger partial charge in [-0.2, -0.15) is 5.26 Å². The van der Waals surface area contributed by atoms with Gasteiger partial charge in [0.15, 0.2) is 0 Å². The molecule has 0 aromatic rings. The van der Waals surface area contributed by atoms with Crippen molar-refractivity contribution < 1.29 is 0 Å². The number of hydrogen-bond acceptors (Lipinski definition) is 1. The second kappa shape index (κ2) is 6.23. The average Bonchev–Trinajstić information content (AvgIpc) is 1.81. The van der Waals surface area contributed by atoms with E-state index in [0.717, 1.165) is 19.3 Å². The van der Waals surface area contributed by atoms with Crippen LogP contribution in [0.25, 0.3) is 0 Å². The van der Waals surface area contributed by atoms with Crippen molar-refractivity contribution >= 4 is 0 Å². The van der Waals surface area contributed by atoms with Gasteiger partial charge in [0.05, 0.1) is 6.07 Å². The van der Waals surface area contributed by atoms with E-state index < -0.39 is 0 Å². The normalized spacial score (nSPS) is 7.88. The van der Waals surface area contributed by atoms with Crippen LogP contribution in [0.4, 0.5) is 0 Å². The van der Waals surface area contributed by atoms with Crippen LogP contribution in [0.3, 0.4) is 0 Å². The Morgan fingerprint density at radius 3 is 2.75 bits per heavy atom. The Morgan fingerprint density at radius 2 is 2.25 bits per heavy atom. The first kappa shape index (κ1) is 7.23. The van der Waals surface area contributed by atoms with Crippen LogP contribution in [0.5, 0.6) is 0 Å². The van der Waals surface area contributed by atoms with Crippen molar-refractivity contribution in [2.45, 2.75) is 25.7 Å². The Kier molecular flexibility index (Phi) is 5.63. The maximum Gasteiger partial charge on any atom is 0.0621 e. The molecule has 0 rings (SSSR count). The van der Waals surface area contributed by atoms with E-state index in [0.29, 0.717) is 6.42 Å². The number of rotatable bonds is 4. The molecule has 0 aromatic heterocycles. The zero-order valence-electron chi connectivity index (χ0n) is 4.93. The lowest BCUT2D eigenvalue weighted by Crippen LogP contribution is -1.70. The van der Waals surface area contributed by atoms with Crippen LogP contribution in [0, 0.1) is 17.9 Å². The summed E-state index contributed by atoms with van der Waals surface area (Å²) < 4.78 is 0. The number of nitrogens with zero attached hydrogens (tertiary/aromatic N) is 1. The number of allylic oxidation sites excluding steroid dienone is 1. The number of unbranched alkanes of at least 4 members (excludes halogenated alkanes) is 3. The van der Waals surface area contributed by atoms with Gasteiger partial charge >= 0.3 is 0 Å². The highest BCUT2D eigenvalue weighted by molar-refractivity contribution is 4.70. The van der Waals surface area contributed by atoms with Gasteiger partial charge < -0.3 is 0 Å². The van der Waals surface area contributed by atoms with Crippen LogP contribution in [0.1, 0.15) is 25.7 Å². The van der Waals surface area contributed by atoms with Gasteiger partial charge in [0, 0.05) is 6.42 Å². The molecule has 0 bridgehead atoms. The molecule has 0 aliphatic heterocycles. The highest BCUT2D eigenvalue weighted by atomic mass is 14.2. The molecule has 43 valence electrons. The summed E-state index contributed by atoms with van der Waals surface area (Å²) in [5.41, 5.74) is 0.